The van der Waals surface area contributed by atoms with E-state index in [9.17, 15) is 5.11 Å². The Morgan fingerprint density at radius 1 is 1.59 bits per heavy atom. The van der Waals surface area contributed by atoms with Gasteiger partial charge in [0.2, 0.25) is 0 Å². The van der Waals surface area contributed by atoms with E-state index in [-0.39, 0.29) is 6.10 Å². The summed E-state index contributed by atoms with van der Waals surface area (Å²) in [6, 6.07) is 0. The molecule has 4 nitrogen and oxygen atoms in total. The van der Waals surface area contributed by atoms with Crippen LogP contribution in [0.25, 0.3) is 0 Å². The monoisotopic (exact) mass is 255 g/mol. The first-order valence-corrected chi connectivity index (χ1v) is 7.02. The molecule has 1 saturated heterocycles. The molecule has 5 heteroatoms. The maximum absolute atomic E-state index is 9.65. The van der Waals surface area contributed by atoms with Crippen molar-refractivity contribution in [2.45, 2.75) is 32.4 Å². The van der Waals surface area contributed by atoms with Gasteiger partial charge < -0.3 is 15.7 Å². The lowest BCUT2D eigenvalue weighted by atomic mass is 10.1. The van der Waals surface area contributed by atoms with Gasteiger partial charge in [-0.2, -0.15) is 0 Å². The van der Waals surface area contributed by atoms with Gasteiger partial charge in [-0.1, -0.05) is 13.8 Å². The van der Waals surface area contributed by atoms with Gasteiger partial charge in [0.1, 0.15) is 0 Å². The molecule has 1 aromatic rings. The molecular formula is C12H21N3OS. The third-order valence-corrected chi connectivity index (χ3v) is 4.37. The molecule has 0 radical (unpaired) electrons. The Balaban J connectivity index is 1.74. The van der Waals surface area contributed by atoms with E-state index in [2.05, 4.69) is 29.5 Å². The molecule has 1 fully saturated rings. The van der Waals surface area contributed by atoms with Gasteiger partial charge >= 0.3 is 0 Å². The van der Waals surface area contributed by atoms with Crippen LogP contribution in [-0.2, 0) is 6.54 Å². The van der Waals surface area contributed by atoms with Crippen molar-refractivity contribution in [2.24, 2.45) is 5.92 Å². The van der Waals surface area contributed by atoms with Crippen LogP contribution in [0.15, 0.2) is 6.20 Å². The lowest BCUT2D eigenvalue weighted by Crippen LogP contribution is -2.29. The molecule has 2 unspecified atom stereocenters. The van der Waals surface area contributed by atoms with E-state index in [1.54, 1.807) is 11.3 Å². The quantitative estimate of drug-likeness (QED) is 0.733. The normalized spacial score (nSPS) is 24.7. The average Bonchev–Trinajstić information content (AvgIpc) is 2.89. The number of nitrogens with one attached hydrogen (secondary N) is 2. The number of aromatic nitrogens is 1. The second kappa shape index (κ2) is 5.91. The molecule has 0 amide bonds. The van der Waals surface area contributed by atoms with Crippen molar-refractivity contribution in [3.63, 3.8) is 0 Å². The molecule has 1 aliphatic rings. The van der Waals surface area contributed by atoms with Crippen LogP contribution in [-0.4, -0.2) is 35.8 Å². The number of aliphatic hydroxyl groups excluding tert-OH is 1. The fourth-order valence-electron chi connectivity index (χ4n) is 1.98. The fourth-order valence-corrected chi connectivity index (χ4v) is 2.87. The second-order valence-electron chi connectivity index (χ2n) is 4.94. The van der Waals surface area contributed by atoms with Crippen molar-refractivity contribution >= 4 is 11.3 Å². The first-order valence-electron chi connectivity index (χ1n) is 6.21. The second-order valence-corrected chi connectivity index (χ2v) is 6.08. The van der Waals surface area contributed by atoms with Crippen molar-refractivity contribution < 1.29 is 5.11 Å². The smallest absolute Gasteiger partial charge is 0.0953 e. The van der Waals surface area contributed by atoms with Crippen molar-refractivity contribution in [1.29, 1.82) is 0 Å². The molecule has 0 bridgehead atoms. The summed E-state index contributed by atoms with van der Waals surface area (Å²) in [7, 11) is 0. The molecule has 96 valence electrons. The highest BCUT2D eigenvalue weighted by Crippen LogP contribution is 2.20. The Bertz CT molecular complexity index is 353. The molecule has 0 saturated carbocycles. The molecule has 0 aromatic carbocycles. The van der Waals surface area contributed by atoms with E-state index in [4.69, 9.17) is 0 Å². The maximum Gasteiger partial charge on any atom is 0.0953 e. The molecule has 0 aliphatic carbocycles. The highest BCUT2D eigenvalue weighted by Gasteiger charge is 2.24. The molecule has 2 rings (SSSR count). The highest BCUT2D eigenvalue weighted by atomic mass is 32.1. The zero-order chi connectivity index (χ0) is 12.3. The summed E-state index contributed by atoms with van der Waals surface area (Å²) in [5.74, 6) is 0.849. The molecule has 2 atom stereocenters. The molecule has 0 spiro atoms. The average molecular weight is 255 g/mol. The van der Waals surface area contributed by atoms with Gasteiger partial charge in [-0.15, -0.1) is 11.3 Å². The van der Waals surface area contributed by atoms with Crippen LogP contribution in [0.3, 0.4) is 0 Å². The number of thiazole rings is 1. The maximum atomic E-state index is 9.65. The summed E-state index contributed by atoms with van der Waals surface area (Å²) in [5.41, 5.74) is 0. The molecule has 1 aliphatic heterocycles. The summed E-state index contributed by atoms with van der Waals surface area (Å²) in [5, 5.41) is 17.4. The van der Waals surface area contributed by atoms with Gasteiger partial charge in [-0.05, 0) is 0 Å². The van der Waals surface area contributed by atoms with E-state index >= 15 is 0 Å². The third-order valence-electron chi connectivity index (χ3n) is 3.08. The number of nitrogens with zero attached hydrogens (tertiary/aromatic N) is 1. The lowest BCUT2D eigenvalue weighted by molar-refractivity contribution is 0.146. The number of aliphatic hydroxyl groups is 1. The topological polar surface area (TPSA) is 57.2 Å². The Morgan fingerprint density at radius 3 is 3.00 bits per heavy atom. The predicted molar refractivity (Wildman–Crippen MR) is 70.3 cm³/mol. The van der Waals surface area contributed by atoms with Gasteiger partial charge in [0.05, 0.1) is 11.1 Å². The van der Waals surface area contributed by atoms with E-state index in [1.165, 1.54) is 9.88 Å². The first kappa shape index (κ1) is 13.0. The molecule has 3 N–H and O–H groups in total. The van der Waals surface area contributed by atoms with Crippen molar-refractivity contribution in [2.75, 3.05) is 19.6 Å². The minimum absolute atomic E-state index is 0.199. The van der Waals surface area contributed by atoms with Crippen LogP contribution in [0.1, 0.15) is 29.7 Å². The fraction of sp³-hybridized carbons (Fsp3) is 0.750. The molecule has 2 heterocycles. The molecule has 1 aromatic heterocycles. The van der Waals surface area contributed by atoms with Crippen LogP contribution in [0.2, 0.25) is 0 Å². The van der Waals surface area contributed by atoms with Crippen LogP contribution in [0.4, 0.5) is 0 Å². The van der Waals surface area contributed by atoms with E-state index in [1.807, 2.05) is 6.20 Å². The van der Waals surface area contributed by atoms with Gasteiger partial charge in [-0.25, -0.2) is 4.98 Å². The summed E-state index contributed by atoms with van der Waals surface area (Å²) < 4.78 is 0. The summed E-state index contributed by atoms with van der Waals surface area (Å²) in [4.78, 5) is 5.67. The lowest BCUT2D eigenvalue weighted by Gasteiger charge is -2.13. The van der Waals surface area contributed by atoms with E-state index in [0.717, 1.165) is 26.2 Å². The van der Waals surface area contributed by atoms with Gasteiger partial charge in [0.25, 0.3) is 0 Å². The minimum Gasteiger partial charge on any atom is -0.391 e. The summed E-state index contributed by atoms with van der Waals surface area (Å²) in [6.45, 7) is 7.68. The van der Waals surface area contributed by atoms with Crippen molar-refractivity contribution in [3.05, 3.63) is 16.1 Å². The summed E-state index contributed by atoms with van der Waals surface area (Å²) in [6.07, 6.45) is 1.76. The van der Waals surface area contributed by atoms with Crippen molar-refractivity contribution in [3.8, 4) is 0 Å². The number of rotatable bonds is 5. The van der Waals surface area contributed by atoms with Gasteiger partial charge in [0.15, 0.2) is 0 Å². The first-order chi connectivity index (χ1) is 8.16. The number of β-amino-alcohol motifs (C(OH)–C–C–N with tert-alkyl or cyclic N) is 1. The van der Waals surface area contributed by atoms with E-state index in [0.29, 0.717) is 11.8 Å². The Hall–Kier alpha value is -0.490. The third kappa shape index (κ3) is 3.48. The largest absolute Gasteiger partial charge is 0.391 e. The van der Waals surface area contributed by atoms with Crippen LogP contribution in [0.5, 0.6) is 0 Å². The number of hydrogen-bond donors (Lipinski definition) is 3. The SMILES string of the molecule is CC(C)c1ncc(CNCC2CNCC2O)s1. The Labute approximate surface area is 106 Å². The highest BCUT2D eigenvalue weighted by molar-refractivity contribution is 7.11. The predicted octanol–water partition coefficient (Wildman–Crippen LogP) is 0.936. The Morgan fingerprint density at radius 2 is 2.41 bits per heavy atom. The molecule has 17 heavy (non-hydrogen) atoms. The van der Waals surface area contributed by atoms with Crippen LogP contribution in [0, 0.1) is 5.92 Å². The van der Waals surface area contributed by atoms with Crippen molar-refractivity contribution in [1.82, 2.24) is 15.6 Å². The minimum atomic E-state index is -0.199. The van der Waals surface area contributed by atoms with Crippen LogP contribution < -0.4 is 10.6 Å². The number of hydrogen-bond acceptors (Lipinski definition) is 5. The van der Waals surface area contributed by atoms with E-state index < -0.39 is 0 Å². The Kier molecular flexibility index (Phi) is 4.50. The van der Waals surface area contributed by atoms with Gasteiger partial charge in [0, 0.05) is 49.1 Å². The zero-order valence-corrected chi connectivity index (χ0v) is 11.3. The van der Waals surface area contributed by atoms with Gasteiger partial charge in [-0.3, -0.25) is 0 Å². The standard InChI is InChI=1S/C12H21N3OS/c1-8(2)12-15-6-10(17-12)5-13-3-9-4-14-7-11(9)16/h6,8-9,11,13-14,16H,3-5,7H2,1-2H3. The van der Waals surface area contributed by atoms with Crippen LogP contribution >= 0.6 is 11.3 Å². The zero-order valence-electron chi connectivity index (χ0n) is 10.4. The summed E-state index contributed by atoms with van der Waals surface area (Å²) >= 11 is 1.77. The molecular weight excluding hydrogens is 234 g/mol.